The molecule has 15 heavy (non-hydrogen) atoms. The Kier molecular flexibility index (Phi) is 2.20. The molecule has 76 valence electrons. The molecule has 0 aliphatic heterocycles. The first-order valence-electron chi connectivity index (χ1n) is 4.99. The Hall–Kier alpha value is -1.82. The zero-order valence-electron chi connectivity index (χ0n) is 9.15. The lowest BCUT2D eigenvalue weighted by Crippen LogP contribution is -1.92. The van der Waals surface area contributed by atoms with Gasteiger partial charge < -0.3 is 0 Å². The monoisotopic (exact) mass is 199 g/mol. The summed E-state index contributed by atoms with van der Waals surface area (Å²) in [5, 5.41) is 14.4. The quantitative estimate of drug-likeness (QED) is 0.708. The predicted octanol–water partition coefficient (Wildman–Crippen LogP) is 2.57. The summed E-state index contributed by atoms with van der Waals surface area (Å²) in [6, 6.07) is 6.16. The number of benzene rings is 1. The normalized spacial score (nSPS) is 10.9. The molecule has 1 heterocycles. The minimum atomic E-state index is 0.365. The third-order valence-corrected chi connectivity index (χ3v) is 2.53. The number of rotatable bonds is 1. The van der Waals surface area contributed by atoms with Crippen LogP contribution in [-0.2, 0) is 7.05 Å². The second-order valence-corrected chi connectivity index (χ2v) is 4.07. The van der Waals surface area contributed by atoms with Crippen molar-refractivity contribution in [2.45, 2.75) is 19.8 Å². The molecule has 0 N–H and O–H groups in total. The van der Waals surface area contributed by atoms with E-state index in [2.05, 4.69) is 31.1 Å². The third kappa shape index (κ3) is 1.59. The second-order valence-electron chi connectivity index (χ2n) is 4.07. The van der Waals surface area contributed by atoms with Crippen molar-refractivity contribution >= 4 is 10.9 Å². The van der Waals surface area contributed by atoms with Crippen LogP contribution in [0, 0.1) is 11.3 Å². The molecule has 0 aliphatic carbocycles. The summed E-state index contributed by atoms with van der Waals surface area (Å²) in [5.41, 5.74) is 2.72. The van der Waals surface area contributed by atoms with Crippen molar-refractivity contribution in [3.8, 4) is 6.07 Å². The smallest absolute Gasteiger partial charge is 0.0995 e. The van der Waals surface area contributed by atoms with Crippen molar-refractivity contribution in [3.05, 3.63) is 29.5 Å². The van der Waals surface area contributed by atoms with Crippen LogP contribution in [-0.4, -0.2) is 9.78 Å². The molecular formula is C12H13N3. The van der Waals surface area contributed by atoms with Gasteiger partial charge in [-0.15, -0.1) is 0 Å². The Bertz CT molecular complexity index is 544. The molecule has 1 aromatic carbocycles. The molecule has 2 rings (SSSR count). The number of nitriles is 1. The van der Waals surface area contributed by atoms with Gasteiger partial charge in [0.05, 0.1) is 17.1 Å². The van der Waals surface area contributed by atoms with E-state index in [0.717, 1.165) is 22.0 Å². The summed E-state index contributed by atoms with van der Waals surface area (Å²) in [7, 11) is 1.89. The summed E-state index contributed by atoms with van der Waals surface area (Å²) in [6.07, 6.45) is 1.97. The molecule has 3 heteroatoms. The van der Waals surface area contributed by atoms with E-state index in [4.69, 9.17) is 5.26 Å². The van der Waals surface area contributed by atoms with Gasteiger partial charge in [-0.2, -0.15) is 10.4 Å². The topological polar surface area (TPSA) is 41.6 Å². The summed E-state index contributed by atoms with van der Waals surface area (Å²) in [6.45, 7) is 4.19. The lowest BCUT2D eigenvalue weighted by atomic mass is 9.96. The number of nitrogens with zero attached hydrogens (tertiary/aromatic N) is 3. The van der Waals surface area contributed by atoms with Crippen molar-refractivity contribution in [2.24, 2.45) is 7.05 Å². The number of fused-ring (bicyclic) bond motifs is 1. The fourth-order valence-electron chi connectivity index (χ4n) is 1.79. The second kappa shape index (κ2) is 3.39. The standard InChI is InChI=1S/C12H13N3/c1-8(2)11-4-10-7-15(3)14-12(10)5-9(11)6-13/h4-5,7-8H,1-3H3. The molecular weight excluding hydrogens is 186 g/mol. The van der Waals surface area contributed by atoms with E-state index < -0.39 is 0 Å². The number of aryl methyl sites for hydroxylation is 1. The maximum atomic E-state index is 9.05. The van der Waals surface area contributed by atoms with E-state index in [-0.39, 0.29) is 0 Å². The minimum absolute atomic E-state index is 0.365. The van der Waals surface area contributed by atoms with Gasteiger partial charge in [-0.25, -0.2) is 0 Å². The lowest BCUT2D eigenvalue weighted by Gasteiger charge is -2.06. The molecule has 0 saturated carbocycles. The lowest BCUT2D eigenvalue weighted by molar-refractivity contribution is 0.779. The molecule has 3 nitrogen and oxygen atoms in total. The van der Waals surface area contributed by atoms with Crippen molar-refractivity contribution in [2.75, 3.05) is 0 Å². The van der Waals surface area contributed by atoms with E-state index in [9.17, 15) is 0 Å². The van der Waals surface area contributed by atoms with Crippen LogP contribution in [0.15, 0.2) is 18.3 Å². The molecule has 0 radical (unpaired) electrons. The zero-order chi connectivity index (χ0) is 11.0. The molecule has 1 aromatic heterocycles. The van der Waals surface area contributed by atoms with Crippen LogP contribution >= 0.6 is 0 Å². The highest BCUT2D eigenvalue weighted by molar-refractivity contribution is 5.81. The average Bonchev–Trinajstić information content (AvgIpc) is 2.54. The fourth-order valence-corrected chi connectivity index (χ4v) is 1.79. The Morgan fingerprint density at radius 3 is 2.73 bits per heavy atom. The van der Waals surface area contributed by atoms with Gasteiger partial charge in [0.1, 0.15) is 0 Å². The van der Waals surface area contributed by atoms with E-state index in [1.807, 2.05) is 19.3 Å². The largest absolute Gasteiger partial charge is 0.275 e. The predicted molar refractivity (Wildman–Crippen MR) is 59.5 cm³/mol. The fraction of sp³-hybridized carbons (Fsp3) is 0.333. The van der Waals surface area contributed by atoms with Crippen LogP contribution in [0.3, 0.4) is 0 Å². The van der Waals surface area contributed by atoms with Gasteiger partial charge in [0, 0.05) is 18.6 Å². The van der Waals surface area contributed by atoms with Gasteiger partial charge in [0.2, 0.25) is 0 Å². The van der Waals surface area contributed by atoms with Crippen LogP contribution in [0.4, 0.5) is 0 Å². The van der Waals surface area contributed by atoms with Gasteiger partial charge >= 0.3 is 0 Å². The molecule has 0 atom stereocenters. The molecule has 0 spiro atoms. The number of hydrogen-bond acceptors (Lipinski definition) is 2. The zero-order valence-corrected chi connectivity index (χ0v) is 9.15. The molecule has 2 aromatic rings. The number of hydrogen-bond donors (Lipinski definition) is 0. The Morgan fingerprint density at radius 1 is 1.40 bits per heavy atom. The van der Waals surface area contributed by atoms with Gasteiger partial charge in [-0.3, -0.25) is 4.68 Å². The first-order valence-corrected chi connectivity index (χ1v) is 4.99. The van der Waals surface area contributed by atoms with Crippen molar-refractivity contribution in [3.63, 3.8) is 0 Å². The van der Waals surface area contributed by atoms with Gasteiger partial charge in [-0.05, 0) is 23.6 Å². The molecule has 0 amide bonds. The van der Waals surface area contributed by atoms with Crippen LogP contribution in [0.1, 0.15) is 30.9 Å². The summed E-state index contributed by atoms with van der Waals surface area (Å²) in [4.78, 5) is 0. The van der Waals surface area contributed by atoms with Crippen LogP contribution in [0.25, 0.3) is 10.9 Å². The Balaban J connectivity index is 2.75. The maximum Gasteiger partial charge on any atom is 0.0995 e. The van der Waals surface area contributed by atoms with Crippen molar-refractivity contribution < 1.29 is 0 Å². The first kappa shape index (κ1) is 9.72. The van der Waals surface area contributed by atoms with Gasteiger partial charge in [0.25, 0.3) is 0 Å². The highest BCUT2D eigenvalue weighted by atomic mass is 15.2. The van der Waals surface area contributed by atoms with E-state index in [0.29, 0.717) is 5.92 Å². The van der Waals surface area contributed by atoms with E-state index in [1.54, 1.807) is 4.68 Å². The third-order valence-electron chi connectivity index (χ3n) is 2.53. The van der Waals surface area contributed by atoms with Crippen molar-refractivity contribution in [1.29, 1.82) is 5.26 Å². The summed E-state index contributed by atoms with van der Waals surface area (Å²) < 4.78 is 1.77. The van der Waals surface area contributed by atoms with Gasteiger partial charge in [-0.1, -0.05) is 13.8 Å². The maximum absolute atomic E-state index is 9.05. The van der Waals surface area contributed by atoms with Crippen LogP contribution in [0.5, 0.6) is 0 Å². The molecule has 0 aliphatic rings. The van der Waals surface area contributed by atoms with Crippen LogP contribution < -0.4 is 0 Å². The SMILES string of the molecule is CC(C)c1cc2cn(C)nc2cc1C#N. The number of aromatic nitrogens is 2. The van der Waals surface area contributed by atoms with Crippen molar-refractivity contribution in [1.82, 2.24) is 9.78 Å². The van der Waals surface area contributed by atoms with E-state index in [1.165, 1.54) is 0 Å². The first-order chi connectivity index (χ1) is 7.11. The average molecular weight is 199 g/mol. The van der Waals surface area contributed by atoms with Gasteiger partial charge in [0.15, 0.2) is 0 Å². The molecule has 0 saturated heterocycles. The molecule has 0 unspecified atom stereocenters. The Labute approximate surface area is 88.9 Å². The summed E-state index contributed by atoms with van der Waals surface area (Å²) in [5.74, 6) is 0.365. The van der Waals surface area contributed by atoms with E-state index >= 15 is 0 Å². The van der Waals surface area contributed by atoms with Crippen LogP contribution in [0.2, 0.25) is 0 Å². The molecule has 0 bridgehead atoms. The molecule has 0 fully saturated rings. The highest BCUT2D eigenvalue weighted by Gasteiger charge is 2.09. The minimum Gasteiger partial charge on any atom is -0.275 e. The summed E-state index contributed by atoms with van der Waals surface area (Å²) >= 11 is 0. The Morgan fingerprint density at radius 2 is 2.13 bits per heavy atom. The highest BCUT2D eigenvalue weighted by Crippen LogP contribution is 2.24.